The van der Waals surface area contributed by atoms with Gasteiger partial charge in [0.05, 0.1) is 0 Å². The quantitative estimate of drug-likeness (QED) is 0.0596. The standard InChI is InChI=1S/C19H41N.C17H38O2Si/c1-4-6-7-8-9-10-11-12-13-14-15-16-17-18-19-20(3)5-2;1-5-8-9-10-11-12-13-14-15-16-17-20(4,18-6-2)19-7-3/h4-19H2,1-3H3;5-17H2,1-4H3. The molecule has 0 N–H and O–H groups in total. The highest BCUT2D eigenvalue weighted by molar-refractivity contribution is 6.66. The molecular formula is C36H79NO2Si. The van der Waals surface area contributed by atoms with Gasteiger partial charge in [0.15, 0.2) is 0 Å². The normalized spacial score (nSPS) is 11.7. The molecule has 0 heterocycles. The van der Waals surface area contributed by atoms with Crippen LogP contribution >= 0.6 is 0 Å². The van der Waals surface area contributed by atoms with Gasteiger partial charge in [-0.05, 0) is 53.0 Å². The van der Waals surface area contributed by atoms with E-state index in [0.29, 0.717) is 0 Å². The summed E-state index contributed by atoms with van der Waals surface area (Å²) in [5, 5.41) is 0. The van der Waals surface area contributed by atoms with Gasteiger partial charge >= 0.3 is 8.56 Å². The van der Waals surface area contributed by atoms with Crippen molar-refractivity contribution < 1.29 is 8.85 Å². The summed E-state index contributed by atoms with van der Waals surface area (Å²) in [5.41, 5.74) is 0. The molecule has 0 amide bonds. The van der Waals surface area contributed by atoms with Crippen LogP contribution in [0.2, 0.25) is 12.6 Å². The highest BCUT2D eigenvalue weighted by atomic mass is 28.4. The number of rotatable bonds is 31. The molecule has 0 aromatic heterocycles. The number of hydrogen-bond donors (Lipinski definition) is 0. The predicted octanol–water partition coefficient (Wildman–Crippen LogP) is 12.5. The molecule has 0 aliphatic carbocycles. The zero-order chi connectivity index (χ0) is 30.0. The molecule has 4 heteroatoms. The minimum atomic E-state index is -1.84. The first-order valence-electron chi connectivity index (χ1n) is 18.5. The zero-order valence-corrected chi connectivity index (χ0v) is 30.3. The van der Waals surface area contributed by atoms with Crippen molar-refractivity contribution in [2.24, 2.45) is 0 Å². The highest BCUT2D eigenvalue weighted by Crippen LogP contribution is 2.19. The Kier molecular flexibility index (Phi) is 37.3. The van der Waals surface area contributed by atoms with E-state index < -0.39 is 8.56 Å². The van der Waals surface area contributed by atoms with Crippen LogP contribution in [0.25, 0.3) is 0 Å². The Morgan fingerprint density at radius 2 is 0.725 bits per heavy atom. The fourth-order valence-electron chi connectivity index (χ4n) is 5.46. The molecule has 0 radical (unpaired) electrons. The molecule has 0 aliphatic rings. The summed E-state index contributed by atoms with van der Waals surface area (Å²) in [6.07, 6.45) is 34.3. The molecule has 244 valence electrons. The lowest BCUT2D eigenvalue weighted by Gasteiger charge is -2.25. The summed E-state index contributed by atoms with van der Waals surface area (Å²) in [7, 11) is 0.385. The molecule has 0 aromatic rings. The van der Waals surface area contributed by atoms with Crippen LogP contribution in [-0.2, 0) is 8.85 Å². The summed E-state index contributed by atoms with van der Waals surface area (Å²) >= 11 is 0. The van der Waals surface area contributed by atoms with Crippen LogP contribution in [0.1, 0.15) is 189 Å². The fraction of sp³-hybridized carbons (Fsp3) is 1.00. The number of hydrogen-bond acceptors (Lipinski definition) is 3. The monoisotopic (exact) mass is 586 g/mol. The SMILES string of the molecule is CCCCCCCCCCCCCCCCN(C)CC.CCCCCCCCCCCC[Si](C)(OCC)OCC. The Bertz CT molecular complexity index is 443. The van der Waals surface area contributed by atoms with Crippen molar-refractivity contribution in [1.82, 2.24) is 4.90 Å². The minimum Gasteiger partial charge on any atom is -0.395 e. The van der Waals surface area contributed by atoms with Crippen molar-refractivity contribution in [3.05, 3.63) is 0 Å². The lowest BCUT2D eigenvalue weighted by atomic mass is 10.0. The molecule has 0 unspecified atom stereocenters. The van der Waals surface area contributed by atoms with E-state index in [0.717, 1.165) is 19.3 Å². The van der Waals surface area contributed by atoms with E-state index in [9.17, 15) is 0 Å². The molecule has 0 atom stereocenters. The van der Waals surface area contributed by atoms with Crippen molar-refractivity contribution in [2.45, 2.75) is 201 Å². The summed E-state index contributed by atoms with van der Waals surface area (Å²) in [6.45, 7) is 17.2. The maximum atomic E-state index is 5.87. The summed E-state index contributed by atoms with van der Waals surface area (Å²) in [6, 6.07) is 1.16. The van der Waals surface area contributed by atoms with Gasteiger partial charge in [0.1, 0.15) is 0 Å². The first kappa shape index (κ1) is 42.2. The van der Waals surface area contributed by atoms with E-state index in [1.165, 1.54) is 167 Å². The molecule has 0 saturated carbocycles. The first-order valence-corrected chi connectivity index (χ1v) is 21.0. The van der Waals surface area contributed by atoms with Crippen molar-refractivity contribution in [2.75, 3.05) is 33.4 Å². The third-order valence-electron chi connectivity index (χ3n) is 8.32. The summed E-state index contributed by atoms with van der Waals surface area (Å²) in [5.74, 6) is 0. The van der Waals surface area contributed by atoms with Gasteiger partial charge in [0.25, 0.3) is 0 Å². The second kappa shape index (κ2) is 35.3. The van der Waals surface area contributed by atoms with Crippen molar-refractivity contribution in [3.8, 4) is 0 Å². The molecule has 0 aliphatic heterocycles. The Morgan fingerprint density at radius 1 is 0.425 bits per heavy atom. The maximum absolute atomic E-state index is 5.87. The van der Waals surface area contributed by atoms with Gasteiger partial charge in [-0.3, -0.25) is 0 Å². The molecule has 0 spiro atoms. The maximum Gasteiger partial charge on any atom is 0.334 e. The average Bonchev–Trinajstić information content (AvgIpc) is 2.94. The van der Waals surface area contributed by atoms with Gasteiger partial charge < -0.3 is 13.8 Å². The van der Waals surface area contributed by atoms with Gasteiger partial charge in [-0.1, -0.05) is 168 Å². The number of nitrogens with zero attached hydrogens (tertiary/aromatic N) is 1. The van der Waals surface area contributed by atoms with Gasteiger partial charge in [-0.15, -0.1) is 0 Å². The molecule has 0 rings (SSSR count). The third kappa shape index (κ3) is 34.3. The van der Waals surface area contributed by atoms with Crippen molar-refractivity contribution in [3.63, 3.8) is 0 Å². The van der Waals surface area contributed by atoms with Crippen LogP contribution < -0.4 is 0 Å². The Hall–Kier alpha value is 0.0969. The van der Waals surface area contributed by atoms with Gasteiger partial charge in [0, 0.05) is 13.2 Å². The van der Waals surface area contributed by atoms with E-state index in [-0.39, 0.29) is 0 Å². The summed E-state index contributed by atoms with van der Waals surface area (Å²) < 4.78 is 11.7. The third-order valence-corrected chi connectivity index (χ3v) is 11.4. The Morgan fingerprint density at radius 3 is 1.02 bits per heavy atom. The van der Waals surface area contributed by atoms with Crippen molar-refractivity contribution in [1.29, 1.82) is 0 Å². The second-order valence-electron chi connectivity index (χ2n) is 12.4. The van der Waals surface area contributed by atoms with Crippen LogP contribution in [0.5, 0.6) is 0 Å². The zero-order valence-electron chi connectivity index (χ0n) is 29.3. The van der Waals surface area contributed by atoms with E-state index in [2.05, 4.69) is 53.1 Å². The fourth-order valence-corrected chi connectivity index (χ4v) is 7.95. The molecule has 40 heavy (non-hydrogen) atoms. The van der Waals surface area contributed by atoms with E-state index in [1.807, 2.05) is 0 Å². The molecule has 0 bridgehead atoms. The van der Waals surface area contributed by atoms with Crippen LogP contribution in [0, 0.1) is 0 Å². The first-order chi connectivity index (χ1) is 19.5. The molecular weight excluding hydrogens is 506 g/mol. The summed E-state index contributed by atoms with van der Waals surface area (Å²) in [4.78, 5) is 2.42. The van der Waals surface area contributed by atoms with Crippen LogP contribution in [-0.4, -0.2) is 46.8 Å². The second-order valence-corrected chi connectivity index (χ2v) is 15.8. The minimum absolute atomic E-state index is 0.792. The topological polar surface area (TPSA) is 21.7 Å². The van der Waals surface area contributed by atoms with Gasteiger partial charge in [-0.2, -0.15) is 0 Å². The Labute approximate surface area is 256 Å². The molecule has 3 nitrogen and oxygen atoms in total. The van der Waals surface area contributed by atoms with E-state index in [1.54, 1.807) is 0 Å². The van der Waals surface area contributed by atoms with Crippen molar-refractivity contribution >= 4 is 8.56 Å². The largest absolute Gasteiger partial charge is 0.395 e. The lowest BCUT2D eigenvalue weighted by molar-refractivity contribution is 0.188. The van der Waals surface area contributed by atoms with Gasteiger partial charge in [-0.25, -0.2) is 0 Å². The van der Waals surface area contributed by atoms with Crippen LogP contribution in [0.3, 0.4) is 0 Å². The smallest absolute Gasteiger partial charge is 0.334 e. The predicted molar refractivity (Wildman–Crippen MR) is 185 cm³/mol. The van der Waals surface area contributed by atoms with Gasteiger partial charge in [0.2, 0.25) is 0 Å². The number of unbranched alkanes of at least 4 members (excludes halogenated alkanes) is 22. The van der Waals surface area contributed by atoms with Crippen LogP contribution in [0.15, 0.2) is 0 Å². The van der Waals surface area contributed by atoms with E-state index in [4.69, 9.17) is 8.85 Å². The Balaban J connectivity index is 0. The molecule has 0 aromatic carbocycles. The van der Waals surface area contributed by atoms with E-state index >= 15 is 0 Å². The lowest BCUT2D eigenvalue weighted by Crippen LogP contribution is -2.38. The average molecular weight is 586 g/mol. The molecule has 0 fully saturated rings. The van der Waals surface area contributed by atoms with Crippen LogP contribution in [0.4, 0.5) is 0 Å². The molecule has 0 saturated heterocycles. The highest BCUT2D eigenvalue weighted by Gasteiger charge is 2.29.